The Morgan fingerprint density at radius 1 is 1.09 bits per heavy atom. The van der Waals surface area contributed by atoms with Crippen LogP contribution in [0, 0.1) is 0 Å². The number of hydrogen-bond donors (Lipinski definition) is 2. The number of rotatable bonds is 5. The topological polar surface area (TPSA) is 49.3 Å². The van der Waals surface area contributed by atoms with Gasteiger partial charge in [0.25, 0.3) is 0 Å². The van der Waals surface area contributed by atoms with Gasteiger partial charge in [0.2, 0.25) is 5.91 Å². The minimum absolute atomic E-state index is 0.0454. The molecule has 0 aromatic heterocycles. The van der Waals surface area contributed by atoms with Gasteiger partial charge in [-0.05, 0) is 18.2 Å². The van der Waals surface area contributed by atoms with Crippen molar-refractivity contribution in [1.82, 2.24) is 0 Å². The van der Waals surface area contributed by atoms with Crippen LogP contribution in [-0.4, -0.2) is 22.9 Å². The van der Waals surface area contributed by atoms with Gasteiger partial charge in [0, 0.05) is 16.1 Å². The molecular weight excluding hydrogens is 327 g/mol. The molecule has 3 nitrogen and oxygen atoms in total. The molecule has 0 spiro atoms. The lowest BCUT2D eigenvalue weighted by Crippen LogP contribution is -2.23. The van der Waals surface area contributed by atoms with E-state index in [-0.39, 0.29) is 17.0 Å². The number of carbonyl (C=O) groups excluding carboxylic acids is 1. The van der Waals surface area contributed by atoms with Gasteiger partial charge in [-0.1, -0.05) is 36.4 Å². The molecule has 0 aliphatic heterocycles. The highest BCUT2D eigenvalue weighted by molar-refractivity contribution is 8.00. The van der Waals surface area contributed by atoms with Crippen molar-refractivity contribution in [1.29, 1.82) is 0 Å². The van der Waals surface area contributed by atoms with Crippen LogP contribution in [0.3, 0.4) is 0 Å². The smallest absolute Gasteiger partial charge is 0.379 e. The average Bonchev–Trinajstić information content (AvgIpc) is 2.53. The fraction of sp³-hybridized carbons (Fsp3) is 0.188. The first-order chi connectivity index (χ1) is 10.9. The number of amides is 1. The number of nitrogens with one attached hydrogen (secondary N) is 1. The van der Waals surface area contributed by atoms with E-state index in [2.05, 4.69) is 5.32 Å². The van der Waals surface area contributed by atoms with Gasteiger partial charge in [0.05, 0.1) is 5.75 Å². The van der Waals surface area contributed by atoms with Crippen molar-refractivity contribution in [3.63, 3.8) is 0 Å². The standard InChI is InChI=1S/C16H14F3NO2S/c17-16(18,19)15(22)12-8-4-5-9-13(12)20-14(21)10-23-11-6-2-1-3-7-11/h1-9,15,22H,10H2,(H,20,21). The molecule has 1 atom stereocenters. The molecule has 0 aliphatic rings. The Bertz CT molecular complexity index is 662. The number of hydrogen-bond acceptors (Lipinski definition) is 3. The monoisotopic (exact) mass is 341 g/mol. The maximum atomic E-state index is 12.7. The van der Waals surface area contributed by atoms with E-state index in [9.17, 15) is 23.1 Å². The summed E-state index contributed by atoms with van der Waals surface area (Å²) in [7, 11) is 0. The number of halogens is 3. The van der Waals surface area contributed by atoms with Crippen LogP contribution in [0.2, 0.25) is 0 Å². The van der Waals surface area contributed by atoms with Crippen LogP contribution in [0.25, 0.3) is 0 Å². The van der Waals surface area contributed by atoms with Gasteiger partial charge in [-0.25, -0.2) is 0 Å². The van der Waals surface area contributed by atoms with Crippen molar-refractivity contribution < 1.29 is 23.1 Å². The molecule has 0 saturated heterocycles. The SMILES string of the molecule is O=C(CSc1ccccc1)Nc1ccccc1C(O)C(F)(F)F. The third-order valence-corrected chi connectivity index (χ3v) is 3.96. The Morgan fingerprint density at radius 3 is 2.35 bits per heavy atom. The van der Waals surface area contributed by atoms with Crippen LogP contribution < -0.4 is 5.32 Å². The molecule has 0 radical (unpaired) electrons. The summed E-state index contributed by atoms with van der Waals surface area (Å²) in [5.41, 5.74) is -0.422. The molecule has 7 heteroatoms. The summed E-state index contributed by atoms with van der Waals surface area (Å²) in [5.74, 6) is -0.388. The van der Waals surface area contributed by atoms with Gasteiger partial charge in [-0.2, -0.15) is 13.2 Å². The fourth-order valence-electron chi connectivity index (χ4n) is 1.88. The number of para-hydroxylation sites is 1. The Kier molecular flexibility index (Phi) is 5.68. The average molecular weight is 341 g/mol. The molecule has 2 rings (SSSR count). The van der Waals surface area contributed by atoms with E-state index in [1.165, 1.54) is 30.0 Å². The highest BCUT2D eigenvalue weighted by Crippen LogP contribution is 2.36. The number of benzene rings is 2. The second-order valence-electron chi connectivity index (χ2n) is 4.68. The van der Waals surface area contributed by atoms with Crippen molar-refractivity contribution in [3.05, 3.63) is 60.2 Å². The van der Waals surface area contributed by atoms with E-state index < -0.39 is 18.2 Å². The predicted octanol–water partition coefficient (Wildman–Crippen LogP) is 4.01. The minimum Gasteiger partial charge on any atom is -0.379 e. The van der Waals surface area contributed by atoms with Crippen LogP contribution in [0.4, 0.5) is 18.9 Å². The fourth-order valence-corrected chi connectivity index (χ4v) is 2.60. The van der Waals surface area contributed by atoms with Gasteiger partial charge in [0.1, 0.15) is 0 Å². The van der Waals surface area contributed by atoms with Crippen LogP contribution in [-0.2, 0) is 4.79 Å². The summed E-state index contributed by atoms with van der Waals surface area (Å²) in [5, 5.41) is 11.8. The van der Waals surface area contributed by atoms with Crippen molar-refractivity contribution in [2.24, 2.45) is 0 Å². The van der Waals surface area contributed by atoms with Crippen molar-refractivity contribution in [3.8, 4) is 0 Å². The van der Waals surface area contributed by atoms with E-state index in [1.54, 1.807) is 0 Å². The number of aliphatic hydroxyl groups excluding tert-OH is 1. The molecule has 2 aromatic carbocycles. The van der Waals surface area contributed by atoms with Gasteiger partial charge >= 0.3 is 6.18 Å². The first-order valence-electron chi connectivity index (χ1n) is 6.69. The molecular formula is C16H14F3NO2S. The van der Waals surface area contributed by atoms with E-state index in [0.29, 0.717) is 0 Å². The number of thioether (sulfide) groups is 1. The number of carbonyl (C=O) groups is 1. The minimum atomic E-state index is -4.79. The summed E-state index contributed by atoms with van der Waals surface area (Å²) < 4.78 is 38.0. The van der Waals surface area contributed by atoms with Gasteiger partial charge in [-0.15, -0.1) is 11.8 Å². The van der Waals surface area contributed by atoms with Crippen molar-refractivity contribution in [2.45, 2.75) is 17.2 Å². The molecule has 1 amide bonds. The first kappa shape index (κ1) is 17.4. The van der Waals surface area contributed by atoms with Gasteiger partial charge in [-0.3, -0.25) is 4.79 Å². The first-order valence-corrected chi connectivity index (χ1v) is 7.68. The zero-order valence-corrected chi connectivity index (χ0v) is 12.7. The Labute approximate surface area is 135 Å². The zero-order valence-electron chi connectivity index (χ0n) is 11.9. The predicted molar refractivity (Wildman–Crippen MR) is 83.3 cm³/mol. The molecule has 2 N–H and O–H groups in total. The quantitative estimate of drug-likeness (QED) is 0.808. The van der Waals surface area contributed by atoms with Crippen LogP contribution >= 0.6 is 11.8 Å². The third-order valence-electron chi connectivity index (χ3n) is 2.95. The molecule has 0 aliphatic carbocycles. The molecule has 0 bridgehead atoms. The Hall–Kier alpha value is -1.99. The largest absolute Gasteiger partial charge is 0.418 e. The highest BCUT2D eigenvalue weighted by atomic mass is 32.2. The molecule has 0 saturated carbocycles. The van der Waals surface area contributed by atoms with E-state index >= 15 is 0 Å². The number of anilines is 1. The highest BCUT2D eigenvalue weighted by Gasteiger charge is 2.40. The van der Waals surface area contributed by atoms with Gasteiger partial charge < -0.3 is 10.4 Å². The second kappa shape index (κ2) is 7.52. The van der Waals surface area contributed by atoms with Crippen molar-refractivity contribution in [2.75, 3.05) is 11.1 Å². The third kappa shape index (κ3) is 5.01. The molecule has 122 valence electrons. The van der Waals surface area contributed by atoms with Crippen LogP contribution in [0.15, 0.2) is 59.5 Å². The Morgan fingerprint density at radius 2 is 1.70 bits per heavy atom. The number of alkyl halides is 3. The van der Waals surface area contributed by atoms with E-state index in [0.717, 1.165) is 11.0 Å². The van der Waals surface area contributed by atoms with Crippen molar-refractivity contribution >= 4 is 23.4 Å². The second-order valence-corrected chi connectivity index (χ2v) is 5.73. The van der Waals surface area contributed by atoms with Crippen LogP contribution in [0.5, 0.6) is 0 Å². The summed E-state index contributed by atoms with van der Waals surface area (Å²) in [6, 6.07) is 14.5. The molecule has 1 unspecified atom stereocenters. The zero-order chi connectivity index (χ0) is 16.9. The lowest BCUT2D eigenvalue weighted by Gasteiger charge is -2.18. The lowest BCUT2D eigenvalue weighted by molar-refractivity contribution is -0.206. The van der Waals surface area contributed by atoms with Gasteiger partial charge in [0.15, 0.2) is 6.10 Å². The van der Waals surface area contributed by atoms with Crippen LogP contribution in [0.1, 0.15) is 11.7 Å². The molecule has 0 fully saturated rings. The Balaban J connectivity index is 2.04. The summed E-state index contributed by atoms with van der Waals surface area (Å²) in [4.78, 5) is 12.8. The summed E-state index contributed by atoms with van der Waals surface area (Å²) >= 11 is 1.27. The maximum absolute atomic E-state index is 12.7. The summed E-state index contributed by atoms with van der Waals surface area (Å²) in [6.45, 7) is 0. The molecule has 23 heavy (non-hydrogen) atoms. The lowest BCUT2D eigenvalue weighted by atomic mass is 10.1. The number of aliphatic hydroxyl groups is 1. The summed E-state index contributed by atoms with van der Waals surface area (Å²) in [6.07, 6.45) is -7.43. The molecule has 2 aromatic rings. The van der Waals surface area contributed by atoms with E-state index in [1.807, 2.05) is 30.3 Å². The maximum Gasteiger partial charge on any atom is 0.418 e. The normalized spacial score (nSPS) is 12.7. The molecule has 0 heterocycles. The van der Waals surface area contributed by atoms with E-state index in [4.69, 9.17) is 0 Å².